The van der Waals surface area contributed by atoms with Crippen molar-refractivity contribution in [1.29, 1.82) is 0 Å². The maximum Gasteiger partial charge on any atom is 0.310 e. The zero-order valence-corrected chi connectivity index (χ0v) is 6.13. The van der Waals surface area contributed by atoms with Gasteiger partial charge in [-0.05, 0) is 6.92 Å². The first kappa shape index (κ1) is 7.14. The first-order valence-electron chi connectivity index (χ1n) is 3.33. The molecule has 3 atom stereocenters. The number of hydrogen-bond acceptors (Lipinski definition) is 2. The van der Waals surface area contributed by atoms with Crippen LogP contribution in [0.4, 0.5) is 0 Å². The van der Waals surface area contributed by atoms with Crippen LogP contribution in [-0.2, 0) is 9.53 Å². The SMILES string of the molecule is C#C[C@@H]1[C@H](C)C(=O)O[C@@H]1C. The molecule has 1 saturated heterocycles. The largest absolute Gasteiger partial charge is 0.461 e. The van der Waals surface area contributed by atoms with Crippen molar-refractivity contribution in [3.8, 4) is 12.3 Å². The lowest BCUT2D eigenvalue weighted by Gasteiger charge is -2.06. The third-order valence-electron chi connectivity index (χ3n) is 1.91. The van der Waals surface area contributed by atoms with Gasteiger partial charge in [-0.25, -0.2) is 0 Å². The maximum atomic E-state index is 10.8. The predicted octanol–water partition coefficient (Wildman–Crippen LogP) is 0.817. The quantitative estimate of drug-likeness (QED) is 0.366. The highest BCUT2D eigenvalue weighted by Gasteiger charge is 2.37. The summed E-state index contributed by atoms with van der Waals surface area (Å²) in [7, 11) is 0. The van der Waals surface area contributed by atoms with E-state index in [1.807, 2.05) is 6.92 Å². The Hall–Kier alpha value is -0.970. The van der Waals surface area contributed by atoms with Crippen LogP contribution in [0, 0.1) is 24.2 Å². The highest BCUT2D eigenvalue weighted by Crippen LogP contribution is 2.26. The molecular weight excluding hydrogens is 128 g/mol. The van der Waals surface area contributed by atoms with Crippen LogP contribution in [-0.4, -0.2) is 12.1 Å². The van der Waals surface area contributed by atoms with Crippen LogP contribution < -0.4 is 0 Å². The fourth-order valence-corrected chi connectivity index (χ4v) is 1.20. The number of carbonyl (C=O) groups excluding carboxylic acids is 1. The molecule has 0 N–H and O–H groups in total. The van der Waals surface area contributed by atoms with Crippen LogP contribution in [0.1, 0.15) is 13.8 Å². The van der Waals surface area contributed by atoms with E-state index in [0.29, 0.717) is 0 Å². The van der Waals surface area contributed by atoms with Crippen LogP contribution in [0.3, 0.4) is 0 Å². The van der Waals surface area contributed by atoms with Gasteiger partial charge in [-0.3, -0.25) is 4.79 Å². The molecule has 10 heavy (non-hydrogen) atoms. The molecule has 0 bridgehead atoms. The predicted molar refractivity (Wildman–Crippen MR) is 37.0 cm³/mol. The average Bonchev–Trinajstić information content (AvgIpc) is 2.09. The number of cyclic esters (lactones) is 1. The summed E-state index contributed by atoms with van der Waals surface area (Å²) < 4.78 is 4.90. The molecule has 1 aliphatic rings. The zero-order valence-electron chi connectivity index (χ0n) is 6.13. The Bertz CT molecular complexity index is 190. The van der Waals surface area contributed by atoms with Crippen LogP contribution in [0.5, 0.6) is 0 Å². The second-order valence-electron chi connectivity index (χ2n) is 2.62. The molecule has 2 heteroatoms. The molecule has 0 amide bonds. The van der Waals surface area contributed by atoms with E-state index in [-0.39, 0.29) is 23.9 Å². The third kappa shape index (κ3) is 0.881. The number of esters is 1. The van der Waals surface area contributed by atoms with E-state index in [1.165, 1.54) is 0 Å². The zero-order chi connectivity index (χ0) is 7.72. The molecule has 0 spiro atoms. The lowest BCUT2D eigenvalue weighted by molar-refractivity contribution is -0.143. The summed E-state index contributed by atoms with van der Waals surface area (Å²) in [5, 5.41) is 0. The van der Waals surface area contributed by atoms with Gasteiger partial charge in [-0.15, -0.1) is 6.42 Å². The van der Waals surface area contributed by atoms with Gasteiger partial charge in [0.25, 0.3) is 0 Å². The summed E-state index contributed by atoms with van der Waals surface area (Å²) in [4.78, 5) is 10.8. The normalized spacial score (nSPS) is 38.9. The van der Waals surface area contributed by atoms with Crippen LogP contribution in [0.15, 0.2) is 0 Å². The summed E-state index contributed by atoms with van der Waals surface area (Å²) in [5.41, 5.74) is 0. The number of hydrogen-bond donors (Lipinski definition) is 0. The molecule has 54 valence electrons. The molecule has 0 radical (unpaired) electrons. The van der Waals surface area contributed by atoms with E-state index < -0.39 is 0 Å². The molecule has 2 nitrogen and oxygen atoms in total. The molecule has 0 aromatic carbocycles. The molecular formula is C8H10O2. The Morgan fingerprint density at radius 1 is 1.60 bits per heavy atom. The minimum absolute atomic E-state index is 0.0347. The first-order chi connectivity index (χ1) is 4.66. The van der Waals surface area contributed by atoms with E-state index in [9.17, 15) is 4.79 Å². The summed E-state index contributed by atoms with van der Waals surface area (Å²) in [5.74, 6) is 2.22. The molecule has 0 aromatic heterocycles. The monoisotopic (exact) mass is 138 g/mol. The van der Waals surface area contributed by atoms with Crippen molar-refractivity contribution in [2.24, 2.45) is 11.8 Å². The first-order valence-corrected chi connectivity index (χ1v) is 3.33. The molecule has 1 heterocycles. The number of terminal acetylenes is 1. The van der Waals surface area contributed by atoms with Gasteiger partial charge >= 0.3 is 5.97 Å². The van der Waals surface area contributed by atoms with Gasteiger partial charge in [0, 0.05) is 0 Å². The van der Waals surface area contributed by atoms with E-state index in [2.05, 4.69) is 5.92 Å². The van der Waals surface area contributed by atoms with Gasteiger partial charge in [0.2, 0.25) is 0 Å². The number of rotatable bonds is 0. The van der Waals surface area contributed by atoms with Gasteiger partial charge in [0.15, 0.2) is 0 Å². The molecule has 0 aromatic rings. The fourth-order valence-electron chi connectivity index (χ4n) is 1.20. The smallest absolute Gasteiger partial charge is 0.310 e. The summed E-state index contributed by atoms with van der Waals surface area (Å²) in [6.07, 6.45) is 5.09. The Morgan fingerprint density at radius 3 is 2.40 bits per heavy atom. The van der Waals surface area contributed by atoms with E-state index in [0.717, 1.165) is 0 Å². The van der Waals surface area contributed by atoms with Crippen molar-refractivity contribution >= 4 is 5.97 Å². The van der Waals surface area contributed by atoms with Gasteiger partial charge in [0.05, 0.1) is 11.8 Å². The van der Waals surface area contributed by atoms with Crippen LogP contribution in [0.2, 0.25) is 0 Å². The minimum atomic E-state index is -0.171. The summed E-state index contributed by atoms with van der Waals surface area (Å²) >= 11 is 0. The van der Waals surface area contributed by atoms with Crippen molar-refractivity contribution in [2.45, 2.75) is 20.0 Å². The topological polar surface area (TPSA) is 26.3 Å². The average molecular weight is 138 g/mol. The lowest BCUT2D eigenvalue weighted by atomic mass is 9.94. The van der Waals surface area contributed by atoms with Crippen molar-refractivity contribution < 1.29 is 9.53 Å². The van der Waals surface area contributed by atoms with Gasteiger partial charge in [-0.1, -0.05) is 12.8 Å². The summed E-state index contributed by atoms with van der Waals surface area (Å²) in [6.45, 7) is 3.63. The highest BCUT2D eigenvalue weighted by atomic mass is 16.6. The highest BCUT2D eigenvalue weighted by molar-refractivity contribution is 5.75. The van der Waals surface area contributed by atoms with E-state index in [4.69, 9.17) is 11.2 Å². The Kier molecular flexibility index (Phi) is 1.67. The van der Waals surface area contributed by atoms with Crippen molar-refractivity contribution in [2.75, 3.05) is 0 Å². The van der Waals surface area contributed by atoms with Crippen LogP contribution >= 0.6 is 0 Å². The lowest BCUT2D eigenvalue weighted by Crippen LogP contribution is -2.13. The molecule has 0 unspecified atom stereocenters. The molecule has 1 aliphatic heterocycles. The van der Waals surface area contributed by atoms with E-state index in [1.54, 1.807) is 6.92 Å². The van der Waals surface area contributed by atoms with Gasteiger partial charge in [-0.2, -0.15) is 0 Å². The second kappa shape index (κ2) is 2.34. The van der Waals surface area contributed by atoms with Gasteiger partial charge in [0.1, 0.15) is 6.10 Å². The van der Waals surface area contributed by atoms with Gasteiger partial charge < -0.3 is 4.74 Å². The maximum absolute atomic E-state index is 10.8. The fraction of sp³-hybridized carbons (Fsp3) is 0.625. The second-order valence-corrected chi connectivity index (χ2v) is 2.62. The molecule has 0 saturated carbocycles. The molecule has 1 rings (SSSR count). The standard InChI is InChI=1S/C8H10O2/c1-4-7-5(2)8(9)10-6(7)3/h1,5-7H,2-3H3/t5-,6+,7+/m0/s1. The Morgan fingerprint density at radius 2 is 2.20 bits per heavy atom. The number of carbonyl (C=O) groups is 1. The number of ether oxygens (including phenoxy) is 1. The Balaban J connectivity index is 2.76. The van der Waals surface area contributed by atoms with Crippen LogP contribution in [0.25, 0.3) is 0 Å². The molecule has 0 aliphatic carbocycles. The van der Waals surface area contributed by atoms with Crippen molar-refractivity contribution in [3.05, 3.63) is 0 Å². The van der Waals surface area contributed by atoms with E-state index >= 15 is 0 Å². The summed E-state index contributed by atoms with van der Waals surface area (Å²) in [6, 6.07) is 0. The van der Waals surface area contributed by atoms with Crippen molar-refractivity contribution in [1.82, 2.24) is 0 Å². The Labute approximate surface area is 60.6 Å². The van der Waals surface area contributed by atoms with Crippen molar-refractivity contribution in [3.63, 3.8) is 0 Å². The molecule has 1 fully saturated rings. The minimum Gasteiger partial charge on any atom is -0.461 e. The third-order valence-corrected chi connectivity index (χ3v) is 1.91.